The van der Waals surface area contributed by atoms with Gasteiger partial charge in [0.25, 0.3) is 0 Å². The lowest BCUT2D eigenvalue weighted by Crippen LogP contribution is -2.15. The molecule has 1 aliphatic rings. The van der Waals surface area contributed by atoms with E-state index >= 15 is 0 Å². The number of hydrogen-bond donors (Lipinski definition) is 0. The molecule has 3 heteroatoms. The molecule has 17 heavy (non-hydrogen) atoms. The zero-order chi connectivity index (χ0) is 12.0. The van der Waals surface area contributed by atoms with E-state index in [-0.39, 0.29) is 5.78 Å². The van der Waals surface area contributed by atoms with E-state index in [0.29, 0.717) is 27.6 Å². The molecule has 2 aromatic rings. The maximum absolute atomic E-state index is 12.3. The quantitative estimate of drug-likeness (QED) is 0.596. The molecule has 0 bridgehead atoms. The van der Waals surface area contributed by atoms with Gasteiger partial charge in [-0.25, -0.2) is 0 Å². The molecule has 0 heterocycles. The second-order valence-electron chi connectivity index (χ2n) is 4.08. The third kappa shape index (κ3) is 1.67. The van der Waals surface area contributed by atoms with Gasteiger partial charge in [-0.1, -0.05) is 35.3 Å². The highest BCUT2D eigenvalue weighted by Crippen LogP contribution is 2.32. The van der Waals surface area contributed by atoms with Crippen LogP contribution in [-0.2, 0) is 6.42 Å². The molecule has 0 saturated heterocycles. The predicted octanol–water partition coefficient (Wildman–Crippen LogP) is 4.13. The van der Waals surface area contributed by atoms with Crippen LogP contribution < -0.4 is 0 Å². The first-order valence-electron chi connectivity index (χ1n) is 5.27. The fraction of sp³-hybridized carbons (Fsp3) is 0.0714. The van der Waals surface area contributed by atoms with Crippen LogP contribution in [0.1, 0.15) is 27.0 Å². The second kappa shape index (κ2) is 3.86. The molecule has 1 nitrogen and oxygen atoms in total. The molecular formula is C14H8Cl2O. The lowest BCUT2D eigenvalue weighted by atomic mass is 9.85. The van der Waals surface area contributed by atoms with Crippen LogP contribution in [0.5, 0.6) is 0 Å². The molecule has 1 aliphatic carbocycles. The van der Waals surface area contributed by atoms with E-state index in [1.165, 1.54) is 0 Å². The summed E-state index contributed by atoms with van der Waals surface area (Å²) in [5, 5.41) is 1.18. The SMILES string of the molecule is O=C1c2ccc(Cl)cc2Cc2cccc(Cl)c21. The Kier molecular flexibility index (Phi) is 2.46. The molecule has 0 aromatic heterocycles. The van der Waals surface area contributed by atoms with E-state index in [0.717, 1.165) is 11.1 Å². The van der Waals surface area contributed by atoms with Gasteiger partial charge in [-0.2, -0.15) is 0 Å². The van der Waals surface area contributed by atoms with Crippen LogP contribution in [0.3, 0.4) is 0 Å². The molecule has 0 aliphatic heterocycles. The highest BCUT2D eigenvalue weighted by molar-refractivity contribution is 6.35. The van der Waals surface area contributed by atoms with Crippen molar-refractivity contribution in [2.45, 2.75) is 6.42 Å². The van der Waals surface area contributed by atoms with Crippen molar-refractivity contribution in [3.05, 3.63) is 68.7 Å². The van der Waals surface area contributed by atoms with Gasteiger partial charge >= 0.3 is 0 Å². The summed E-state index contributed by atoms with van der Waals surface area (Å²) < 4.78 is 0. The summed E-state index contributed by atoms with van der Waals surface area (Å²) in [4.78, 5) is 12.3. The number of fused-ring (bicyclic) bond motifs is 2. The molecule has 2 aromatic carbocycles. The number of halogens is 2. The van der Waals surface area contributed by atoms with Crippen LogP contribution in [0.4, 0.5) is 0 Å². The third-order valence-electron chi connectivity index (χ3n) is 3.02. The van der Waals surface area contributed by atoms with Gasteiger partial charge < -0.3 is 0 Å². The van der Waals surface area contributed by atoms with Gasteiger partial charge in [-0.15, -0.1) is 0 Å². The highest BCUT2D eigenvalue weighted by Gasteiger charge is 2.25. The molecule has 0 atom stereocenters. The summed E-state index contributed by atoms with van der Waals surface area (Å²) in [7, 11) is 0. The number of rotatable bonds is 0. The Hall–Kier alpha value is -1.31. The molecule has 0 unspecified atom stereocenters. The number of benzene rings is 2. The lowest BCUT2D eigenvalue weighted by molar-refractivity contribution is 0.103. The summed E-state index contributed by atoms with van der Waals surface area (Å²) in [5.74, 6) is -0.0106. The Morgan fingerprint density at radius 2 is 1.82 bits per heavy atom. The van der Waals surface area contributed by atoms with E-state index in [4.69, 9.17) is 23.2 Å². The van der Waals surface area contributed by atoms with Gasteiger partial charge in [-0.3, -0.25) is 4.79 Å². The predicted molar refractivity (Wildman–Crippen MR) is 69.1 cm³/mol. The minimum atomic E-state index is -0.0106. The first-order valence-corrected chi connectivity index (χ1v) is 6.03. The smallest absolute Gasteiger partial charge is 0.195 e. The van der Waals surface area contributed by atoms with Crippen LogP contribution in [0.25, 0.3) is 0 Å². The second-order valence-corrected chi connectivity index (χ2v) is 4.92. The summed E-state index contributed by atoms with van der Waals surface area (Å²) in [6, 6.07) is 10.9. The summed E-state index contributed by atoms with van der Waals surface area (Å²) in [6.07, 6.45) is 0.706. The average Bonchev–Trinajstić information content (AvgIpc) is 2.28. The van der Waals surface area contributed by atoms with Crippen molar-refractivity contribution in [2.24, 2.45) is 0 Å². The Morgan fingerprint density at radius 3 is 2.65 bits per heavy atom. The summed E-state index contributed by atoms with van der Waals surface area (Å²) >= 11 is 12.0. The molecule has 0 N–H and O–H groups in total. The van der Waals surface area contributed by atoms with Gasteiger partial charge in [-0.05, 0) is 41.8 Å². The Labute approximate surface area is 109 Å². The zero-order valence-electron chi connectivity index (χ0n) is 8.84. The number of hydrogen-bond acceptors (Lipinski definition) is 1. The molecule has 0 radical (unpaired) electrons. The third-order valence-corrected chi connectivity index (χ3v) is 3.57. The van der Waals surface area contributed by atoms with Crippen LogP contribution in [0.15, 0.2) is 36.4 Å². The Morgan fingerprint density at radius 1 is 1.00 bits per heavy atom. The molecule has 0 spiro atoms. The van der Waals surface area contributed by atoms with Crippen molar-refractivity contribution in [3.8, 4) is 0 Å². The Bertz CT molecular complexity index is 632. The van der Waals surface area contributed by atoms with Crippen molar-refractivity contribution in [1.82, 2.24) is 0 Å². The number of carbonyl (C=O) groups excluding carboxylic acids is 1. The van der Waals surface area contributed by atoms with Crippen LogP contribution in [0, 0.1) is 0 Å². The van der Waals surface area contributed by atoms with Crippen molar-refractivity contribution >= 4 is 29.0 Å². The molecule has 0 fully saturated rings. The molecule has 3 rings (SSSR count). The first-order chi connectivity index (χ1) is 8.16. The normalized spacial score (nSPS) is 13.2. The fourth-order valence-electron chi connectivity index (χ4n) is 2.24. The first kappa shape index (κ1) is 10.8. The van der Waals surface area contributed by atoms with Crippen LogP contribution in [0.2, 0.25) is 10.0 Å². The van der Waals surface area contributed by atoms with Crippen LogP contribution in [-0.4, -0.2) is 5.78 Å². The van der Waals surface area contributed by atoms with Gasteiger partial charge in [0.1, 0.15) is 0 Å². The van der Waals surface area contributed by atoms with Crippen molar-refractivity contribution in [1.29, 1.82) is 0 Å². The molecule has 0 saturated carbocycles. The number of carbonyl (C=O) groups is 1. The highest BCUT2D eigenvalue weighted by atomic mass is 35.5. The van der Waals surface area contributed by atoms with E-state index in [9.17, 15) is 4.79 Å². The van der Waals surface area contributed by atoms with Crippen molar-refractivity contribution in [2.75, 3.05) is 0 Å². The van der Waals surface area contributed by atoms with E-state index in [1.54, 1.807) is 18.2 Å². The maximum atomic E-state index is 12.3. The average molecular weight is 263 g/mol. The summed E-state index contributed by atoms with van der Waals surface area (Å²) in [6.45, 7) is 0. The maximum Gasteiger partial charge on any atom is 0.195 e. The van der Waals surface area contributed by atoms with Crippen molar-refractivity contribution in [3.63, 3.8) is 0 Å². The minimum absolute atomic E-state index is 0.0106. The van der Waals surface area contributed by atoms with Gasteiger partial charge in [0.2, 0.25) is 0 Å². The summed E-state index contributed by atoms with van der Waals surface area (Å²) in [5.41, 5.74) is 3.27. The zero-order valence-corrected chi connectivity index (χ0v) is 10.3. The van der Waals surface area contributed by atoms with Crippen molar-refractivity contribution < 1.29 is 4.79 Å². The van der Waals surface area contributed by atoms with Gasteiger partial charge in [0, 0.05) is 16.1 Å². The van der Waals surface area contributed by atoms with Gasteiger partial charge in [0.05, 0.1) is 5.02 Å². The monoisotopic (exact) mass is 262 g/mol. The molecular weight excluding hydrogens is 255 g/mol. The van der Waals surface area contributed by atoms with Gasteiger partial charge in [0.15, 0.2) is 5.78 Å². The molecule has 84 valence electrons. The lowest BCUT2D eigenvalue weighted by Gasteiger charge is -2.19. The minimum Gasteiger partial charge on any atom is -0.289 e. The van der Waals surface area contributed by atoms with E-state index in [1.807, 2.05) is 18.2 Å². The molecule has 0 amide bonds. The Balaban J connectivity index is 2.25. The topological polar surface area (TPSA) is 17.1 Å². The van der Waals surface area contributed by atoms with Crippen LogP contribution >= 0.6 is 23.2 Å². The van der Waals surface area contributed by atoms with E-state index in [2.05, 4.69) is 0 Å². The van der Waals surface area contributed by atoms with E-state index < -0.39 is 0 Å². The standard InChI is InChI=1S/C14H8Cl2O/c15-10-4-5-11-9(7-10)6-8-2-1-3-12(16)13(8)14(11)17/h1-5,7H,6H2. The fourth-order valence-corrected chi connectivity index (χ4v) is 2.71. The number of ketones is 1. The largest absolute Gasteiger partial charge is 0.289 e.